The summed E-state index contributed by atoms with van der Waals surface area (Å²) in [5.41, 5.74) is 0. The molecular formula is C18H29N5O. The number of piperidine rings is 1. The molecule has 3 aliphatic rings. The van der Waals surface area contributed by atoms with Crippen LogP contribution in [-0.2, 0) is 11.3 Å². The van der Waals surface area contributed by atoms with Crippen LogP contribution in [0.4, 0.5) is 0 Å². The van der Waals surface area contributed by atoms with E-state index >= 15 is 0 Å². The van der Waals surface area contributed by atoms with Crippen LogP contribution < -0.4 is 5.32 Å². The Bertz CT molecular complexity index is 534. The van der Waals surface area contributed by atoms with Crippen LogP contribution in [0.5, 0.6) is 0 Å². The van der Waals surface area contributed by atoms with Gasteiger partial charge in [0.05, 0.1) is 13.1 Å². The van der Waals surface area contributed by atoms with Crippen molar-refractivity contribution in [3.8, 4) is 0 Å². The lowest BCUT2D eigenvalue weighted by Gasteiger charge is -2.33. The van der Waals surface area contributed by atoms with Crippen LogP contribution in [0.15, 0.2) is 18.5 Å². The highest BCUT2D eigenvalue weighted by Crippen LogP contribution is 2.29. The molecule has 1 saturated carbocycles. The zero-order valence-electron chi connectivity index (χ0n) is 14.4. The molecule has 6 nitrogen and oxygen atoms in total. The Balaban J connectivity index is 1.22. The average molecular weight is 331 g/mol. The van der Waals surface area contributed by atoms with Gasteiger partial charge in [-0.25, -0.2) is 0 Å². The number of carbonyl (C=O) groups is 1. The van der Waals surface area contributed by atoms with E-state index in [1.165, 1.54) is 19.3 Å². The van der Waals surface area contributed by atoms with Gasteiger partial charge in [0.2, 0.25) is 5.91 Å². The van der Waals surface area contributed by atoms with Gasteiger partial charge in [-0.2, -0.15) is 5.10 Å². The van der Waals surface area contributed by atoms with Gasteiger partial charge in [-0.3, -0.25) is 14.4 Å². The van der Waals surface area contributed by atoms with Crippen molar-refractivity contribution in [1.82, 2.24) is 24.9 Å². The molecule has 1 aromatic heterocycles. The maximum absolute atomic E-state index is 12.5. The second kappa shape index (κ2) is 7.23. The summed E-state index contributed by atoms with van der Waals surface area (Å²) >= 11 is 0. The topological polar surface area (TPSA) is 53.4 Å². The Morgan fingerprint density at radius 1 is 1.12 bits per heavy atom. The Kier molecular flexibility index (Phi) is 4.85. The van der Waals surface area contributed by atoms with Crippen molar-refractivity contribution in [3.63, 3.8) is 0 Å². The summed E-state index contributed by atoms with van der Waals surface area (Å²) in [6, 6.07) is 3.63. The molecule has 1 aliphatic carbocycles. The maximum Gasteiger partial charge on any atom is 0.234 e. The quantitative estimate of drug-likeness (QED) is 0.848. The SMILES string of the molecule is O=C(CN1CCC[C@H]1Cn1cccn1)NC1CCN(C2CC2)CC1. The smallest absolute Gasteiger partial charge is 0.234 e. The number of hydrogen-bond donors (Lipinski definition) is 1. The van der Waals surface area contributed by atoms with E-state index in [1.807, 2.05) is 23.1 Å². The number of likely N-dealkylation sites (tertiary alicyclic amines) is 2. The number of nitrogens with zero attached hydrogens (tertiary/aromatic N) is 4. The first-order valence-corrected chi connectivity index (χ1v) is 9.53. The van der Waals surface area contributed by atoms with Gasteiger partial charge in [0.15, 0.2) is 0 Å². The van der Waals surface area contributed by atoms with E-state index in [0.717, 1.165) is 51.5 Å². The van der Waals surface area contributed by atoms with Crippen LogP contribution in [0.3, 0.4) is 0 Å². The first-order valence-electron chi connectivity index (χ1n) is 9.53. The molecule has 2 saturated heterocycles. The van der Waals surface area contributed by atoms with Crippen molar-refractivity contribution in [2.75, 3.05) is 26.2 Å². The Hall–Kier alpha value is -1.40. The van der Waals surface area contributed by atoms with Gasteiger partial charge in [0.1, 0.15) is 0 Å². The number of aromatic nitrogens is 2. The molecule has 1 atom stereocenters. The lowest BCUT2D eigenvalue weighted by atomic mass is 10.0. The summed E-state index contributed by atoms with van der Waals surface area (Å²) in [7, 11) is 0. The van der Waals surface area contributed by atoms with E-state index in [4.69, 9.17) is 0 Å². The van der Waals surface area contributed by atoms with E-state index in [-0.39, 0.29) is 5.91 Å². The highest BCUT2D eigenvalue weighted by atomic mass is 16.2. The van der Waals surface area contributed by atoms with E-state index in [2.05, 4.69) is 20.2 Å². The summed E-state index contributed by atoms with van der Waals surface area (Å²) in [6.07, 6.45) is 11.1. The van der Waals surface area contributed by atoms with Crippen molar-refractivity contribution in [1.29, 1.82) is 0 Å². The van der Waals surface area contributed by atoms with Gasteiger partial charge < -0.3 is 10.2 Å². The molecule has 3 fully saturated rings. The first kappa shape index (κ1) is 16.1. The van der Waals surface area contributed by atoms with Gasteiger partial charge in [0, 0.05) is 43.6 Å². The minimum absolute atomic E-state index is 0.201. The van der Waals surface area contributed by atoms with Crippen molar-refractivity contribution < 1.29 is 4.79 Å². The third-order valence-corrected chi connectivity index (χ3v) is 5.76. The fraction of sp³-hybridized carbons (Fsp3) is 0.778. The predicted molar refractivity (Wildman–Crippen MR) is 92.6 cm³/mol. The molecule has 2 aliphatic heterocycles. The molecule has 1 aromatic rings. The van der Waals surface area contributed by atoms with Crippen molar-refractivity contribution in [2.24, 2.45) is 0 Å². The van der Waals surface area contributed by atoms with Crippen LogP contribution in [0.1, 0.15) is 38.5 Å². The number of nitrogens with one attached hydrogen (secondary N) is 1. The monoisotopic (exact) mass is 331 g/mol. The van der Waals surface area contributed by atoms with Crippen molar-refractivity contribution >= 4 is 5.91 Å². The standard InChI is InChI=1S/C18H29N5O/c24-18(20-15-6-11-21(12-7-15)16-4-5-16)14-22-9-1-3-17(22)13-23-10-2-8-19-23/h2,8,10,15-17H,1,3-7,9,11-14H2,(H,20,24)/t17-/m0/s1. The zero-order valence-corrected chi connectivity index (χ0v) is 14.4. The van der Waals surface area contributed by atoms with Crippen LogP contribution in [0, 0.1) is 0 Å². The number of rotatable bonds is 6. The number of hydrogen-bond acceptors (Lipinski definition) is 4. The summed E-state index contributed by atoms with van der Waals surface area (Å²) in [5.74, 6) is 0.201. The molecule has 24 heavy (non-hydrogen) atoms. The van der Waals surface area contributed by atoms with Gasteiger partial charge in [-0.05, 0) is 51.1 Å². The van der Waals surface area contributed by atoms with Gasteiger partial charge in [-0.1, -0.05) is 0 Å². The molecule has 3 heterocycles. The first-order chi connectivity index (χ1) is 11.8. The highest BCUT2D eigenvalue weighted by Gasteiger charge is 2.32. The molecule has 0 spiro atoms. The van der Waals surface area contributed by atoms with Gasteiger partial charge in [0.25, 0.3) is 0 Å². The summed E-state index contributed by atoms with van der Waals surface area (Å²) in [5, 5.41) is 7.57. The molecule has 0 aromatic carbocycles. The summed E-state index contributed by atoms with van der Waals surface area (Å²) in [6.45, 7) is 4.76. The molecule has 1 N–H and O–H groups in total. The molecule has 1 amide bonds. The van der Waals surface area contributed by atoms with E-state index in [9.17, 15) is 4.79 Å². The maximum atomic E-state index is 12.5. The lowest BCUT2D eigenvalue weighted by molar-refractivity contribution is -0.123. The molecular weight excluding hydrogens is 302 g/mol. The van der Waals surface area contributed by atoms with E-state index in [0.29, 0.717) is 18.6 Å². The van der Waals surface area contributed by atoms with E-state index in [1.54, 1.807) is 0 Å². The zero-order chi connectivity index (χ0) is 16.4. The summed E-state index contributed by atoms with van der Waals surface area (Å²) in [4.78, 5) is 17.4. The summed E-state index contributed by atoms with van der Waals surface area (Å²) < 4.78 is 1.98. The fourth-order valence-electron chi connectivity index (χ4n) is 4.24. The average Bonchev–Trinajstić information content (AvgIpc) is 3.14. The molecule has 4 rings (SSSR count). The van der Waals surface area contributed by atoms with Crippen LogP contribution in [0.2, 0.25) is 0 Å². The molecule has 0 unspecified atom stereocenters. The third kappa shape index (κ3) is 3.98. The van der Waals surface area contributed by atoms with Crippen molar-refractivity contribution in [3.05, 3.63) is 18.5 Å². The van der Waals surface area contributed by atoms with Gasteiger partial charge in [-0.15, -0.1) is 0 Å². The van der Waals surface area contributed by atoms with Crippen LogP contribution in [0.25, 0.3) is 0 Å². The molecule has 0 bridgehead atoms. The van der Waals surface area contributed by atoms with Crippen LogP contribution >= 0.6 is 0 Å². The minimum atomic E-state index is 0.201. The second-order valence-corrected chi connectivity index (χ2v) is 7.60. The minimum Gasteiger partial charge on any atom is -0.352 e. The van der Waals surface area contributed by atoms with Crippen LogP contribution in [-0.4, -0.2) is 69.8 Å². The number of carbonyl (C=O) groups excluding carboxylic acids is 1. The Morgan fingerprint density at radius 2 is 1.96 bits per heavy atom. The molecule has 132 valence electrons. The normalized spacial score (nSPS) is 26.8. The molecule has 6 heteroatoms. The Labute approximate surface area is 144 Å². The lowest BCUT2D eigenvalue weighted by Crippen LogP contribution is -2.48. The largest absolute Gasteiger partial charge is 0.352 e. The Morgan fingerprint density at radius 3 is 2.67 bits per heavy atom. The third-order valence-electron chi connectivity index (χ3n) is 5.76. The number of amides is 1. The predicted octanol–water partition coefficient (Wildman–Crippen LogP) is 1.09. The second-order valence-electron chi connectivity index (χ2n) is 7.60. The fourth-order valence-corrected chi connectivity index (χ4v) is 4.24. The molecule has 0 radical (unpaired) electrons. The van der Waals surface area contributed by atoms with E-state index < -0.39 is 0 Å². The van der Waals surface area contributed by atoms with Crippen molar-refractivity contribution in [2.45, 2.75) is 63.2 Å². The van der Waals surface area contributed by atoms with Gasteiger partial charge >= 0.3 is 0 Å². The highest BCUT2D eigenvalue weighted by molar-refractivity contribution is 5.78.